The molecule has 1 heterocycles. The molecule has 0 aliphatic heterocycles. The highest BCUT2D eigenvalue weighted by Gasteiger charge is 2.09. The van der Waals surface area contributed by atoms with E-state index >= 15 is 0 Å². The van der Waals surface area contributed by atoms with Crippen LogP contribution in [0.5, 0.6) is 0 Å². The van der Waals surface area contributed by atoms with Crippen molar-refractivity contribution >= 4 is 40.8 Å². The lowest BCUT2D eigenvalue weighted by atomic mass is 10.0. The molecule has 1 aromatic carbocycles. The highest BCUT2D eigenvalue weighted by Crippen LogP contribution is 2.30. The molecule has 2 aromatic rings. The summed E-state index contributed by atoms with van der Waals surface area (Å²) in [6.45, 7) is 9.45. The average molecular weight is 410 g/mol. The molecule has 0 unspecified atom stereocenters. The van der Waals surface area contributed by atoms with Crippen molar-refractivity contribution in [1.29, 1.82) is 0 Å². The predicted octanol–water partition coefficient (Wildman–Crippen LogP) is 5.21. The SMILES string of the molecule is CC(C)CCNC(=O)CSc1nnc(SCc2ccc(C(C)C)cc2)s1. The lowest BCUT2D eigenvalue weighted by molar-refractivity contribution is -0.118. The van der Waals surface area contributed by atoms with Gasteiger partial charge in [-0.3, -0.25) is 4.79 Å². The first kappa shape index (κ1) is 21.3. The molecule has 26 heavy (non-hydrogen) atoms. The Kier molecular flexibility index (Phi) is 8.95. The quantitative estimate of drug-likeness (QED) is 0.546. The zero-order valence-corrected chi connectivity index (χ0v) is 18.3. The molecule has 0 radical (unpaired) electrons. The van der Waals surface area contributed by atoms with Crippen LogP contribution >= 0.6 is 34.9 Å². The second-order valence-electron chi connectivity index (χ2n) is 6.84. The molecule has 4 nitrogen and oxygen atoms in total. The van der Waals surface area contributed by atoms with E-state index in [0.29, 0.717) is 17.6 Å². The Morgan fingerprint density at radius 3 is 2.35 bits per heavy atom. The third-order valence-corrected chi connectivity index (χ3v) is 7.03. The molecule has 1 amide bonds. The summed E-state index contributed by atoms with van der Waals surface area (Å²) in [5.41, 5.74) is 2.65. The Balaban J connectivity index is 1.72. The van der Waals surface area contributed by atoms with Crippen molar-refractivity contribution in [2.45, 2.75) is 54.5 Å². The standard InChI is InChI=1S/C19H27N3OS3/c1-13(2)9-10-20-17(23)12-25-19-22-21-18(26-19)24-11-15-5-7-16(8-6-15)14(3)4/h5-8,13-14H,9-12H2,1-4H3,(H,20,23). The fraction of sp³-hybridized carbons (Fsp3) is 0.526. The van der Waals surface area contributed by atoms with Gasteiger partial charge in [-0.2, -0.15) is 0 Å². The predicted molar refractivity (Wildman–Crippen MR) is 113 cm³/mol. The van der Waals surface area contributed by atoms with E-state index in [-0.39, 0.29) is 5.91 Å². The van der Waals surface area contributed by atoms with Gasteiger partial charge in [0.15, 0.2) is 8.68 Å². The summed E-state index contributed by atoms with van der Waals surface area (Å²) < 4.78 is 1.79. The van der Waals surface area contributed by atoms with E-state index in [2.05, 4.69) is 67.5 Å². The van der Waals surface area contributed by atoms with Crippen LogP contribution < -0.4 is 5.32 Å². The van der Waals surface area contributed by atoms with Gasteiger partial charge in [-0.15, -0.1) is 10.2 Å². The Labute approximate surface area is 169 Å². The van der Waals surface area contributed by atoms with Gasteiger partial charge in [-0.05, 0) is 29.4 Å². The van der Waals surface area contributed by atoms with Crippen molar-refractivity contribution in [3.05, 3.63) is 35.4 Å². The highest BCUT2D eigenvalue weighted by atomic mass is 32.2. The first-order valence-electron chi connectivity index (χ1n) is 8.88. The number of benzene rings is 1. The molecule has 2 rings (SSSR count). The van der Waals surface area contributed by atoms with Crippen LogP contribution in [0.15, 0.2) is 32.9 Å². The number of rotatable bonds is 10. The Bertz CT molecular complexity index is 684. The number of nitrogens with zero attached hydrogens (tertiary/aromatic N) is 2. The number of carbonyl (C=O) groups excluding carboxylic acids is 1. The molecular weight excluding hydrogens is 382 g/mol. The van der Waals surface area contributed by atoms with Gasteiger partial charge in [0.2, 0.25) is 5.91 Å². The first-order chi connectivity index (χ1) is 12.4. The minimum atomic E-state index is 0.0605. The summed E-state index contributed by atoms with van der Waals surface area (Å²) in [6.07, 6.45) is 1.01. The normalized spacial score (nSPS) is 11.3. The molecular formula is C19H27N3OS3. The fourth-order valence-corrected chi connectivity index (χ4v) is 4.94. The second-order valence-corrected chi connectivity index (χ2v) is 10.3. The third-order valence-electron chi connectivity index (χ3n) is 3.77. The van der Waals surface area contributed by atoms with Gasteiger partial charge in [-0.1, -0.05) is 86.8 Å². The average Bonchev–Trinajstić information content (AvgIpc) is 3.06. The number of aromatic nitrogens is 2. The molecule has 142 valence electrons. The maximum absolute atomic E-state index is 11.8. The summed E-state index contributed by atoms with van der Waals surface area (Å²) in [5.74, 6) is 2.50. The smallest absolute Gasteiger partial charge is 0.230 e. The first-order valence-corrected chi connectivity index (χ1v) is 11.7. The Morgan fingerprint density at radius 1 is 1.08 bits per heavy atom. The zero-order valence-electron chi connectivity index (χ0n) is 15.8. The van der Waals surface area contributed by atoms with E-state index in [9.17, 15) is 4.79 Å². The Morgan fingerprint density at radius 2 is 1.73 bits per heavy atom. The molecule has 0 fully saturated rings. The van der Waals surface area contributed by atoms with Gasteiger partial charge in [-0.25, -0.2) is 0 Å². The molecule has 0 saturated carbocycles. The van der Waals surface area contributed by atoms with Gasteiger partial charge in [0.25, 0.3) is 0 Å². The molecule has 1 N–H and O–H groups in total. The largest absolute Gasteiger partial charge is 0.355 e. The molecule has 0 atom stereocenters. The Hall–Kier alpha value is -1.05. The van der Waals surface area contributed by atoms with Gasteiger partial charge < -0.3 is 5.32 Å². The van der Waals surface area contributed by atoms with Gasteiger partial charge in [0, 0.05) is 12.3 Å². The van der Waals surface area contributed by atoms with Crippen LogP contribution in [0.2, 0.25) is 0 Å². The number of amides is 1. The van der Waals surface area contributed by atoms with Gasteiger partial charge in [0.05, 0.1) is 5.75 Å². The van der Waals surface area contributed by atoms with E-state index in [1.165, 1.54) is 22.9 Å². The third kappa shape index (κ3) is 7.68. The summed E-state index contributed by atoms with van der Waals surface area (Å²) in [5, 5.41) is 11.3. The maximum Gasteiger partial charge on any atom is 0.230 e. The molecule has 7 heteroatoms. The maximum atomic E-state index is 11.8. The number of carbonyl (C=O) groups is 1. The van der Waals surface area contributed by atoms with E-state index in [0.717, 1.165) is 27.4 Å². The molecule has 0 aliphatic carbocycles. The summed E-state index contributed by atoms with van der Waals surface area (Å²) in [7, 11) is 0. The van der Waals surface area contributed by atoms with E-state index in [1.807, 2.05) is 0 Å². The van der Waals surface area contributed by atoms with Crippen LogP contribution in [-0.4, -0.2) is 28.4 Å². The minimum absolute atomic E-state index is 0.0605. The van der Waals surface area contributed by atoms with Crippen molar-refractivity contribution in [2.75, 3.05) is 12.3 Å². The summed E-state index contributed by atoms with van der Waals surface area (Å²) in [4.78, 5) is 11.8. The molecule has 0 saturated heterocycles. The van der Waals surface area contributed by atoms with Crippen molar-refractivity contribution in [3.8, 4) is 0 Å². The number of hydrogen-bond acceptors (Lipinski definition) is 6. The number of nitrogens with one attached hydrogen (secondary N) is 1. The summed E-state index contributed by atoms with van der Waals surface area (Å²) >= 11 is 4.70. The van der Waals surface area contributed by atoms with Crippen LogP contribution in [0.4, 0.5) is 0 Å². The lowest BCUT2D eigenvalue weighted by Gasteiger charge is -2.06. The molecule has 0 aliphatic rings. The topological polar surface area (TPSA) is 54.9 Å². The number of thioether (sulfide) groups is 2. The fourth-order valence-electron chi connectivity index (χ4n) is 2.14. The molecule has 0 spiro atoms. The second kappa shape index (κ2) is 10.9. The zero-order chi connectivity index (χ0) is 18.9. The van der Waals surface area contributed by atoms with Crippen LogP contribution in [0.25, 0.3) is 0 Å². The lowest BCUT2D eigenvalue weighted by Crippen LogP contribution is -2.26. The van der Waals surface area contributed by atoms with Crippen LogP contribution in [0.3, 0.4) is 0 Å². The molecule has 1 aromatic heterocycles. The van der Waals surface area contributed by atoms with Crippen molar-refractivity contribution in [3.63, 3.8) is 0 Å². The van der Waals surface area contributed by atoms with Gasteiger partial charge >= 0.3 is 0 Å². The van der Waals surface area contributed by atoms with Gasteiger partial charge in [0.1, 0.15) is 0 Å². The van der Waals surface area contributed by atoms with Crippen molar-refractivity contribution in [1.82, 2.24) is 15.5 Å². The minimum Gasteiger partial charge on any atom is -0.355 e. The molecule has 0 bridgehead atoms. The van der Waals surface area contributed by atoms with Crippen LogP contribution in [-0.2, 0) is 10.5 Å². The highest BCUT2D eigenvalue weighted by molar-refractivity contribution is 8.03. The van der Waals surface area contributed by atoms with E-state index in [1.54, 1.807) is 23.1 Å². The number of hydrogen-bond donors (Lipinski definition) is 1. The van der Waals surface area contributed by atoms with E-state index in [4.69, 9.17) is 0 Å². The van der Waals surface area contributed by atoms with Crippen molar-refractivity contribution in [2.24, 2.45) is 5.92 Å². The monoisotopic (exact) mass is 409 g/mol. The van der Waals surface area contributed by atoms with E-state index < -0.39 is 0 Å². The summed E-state index contributed by atoms with van der Waals surface area (Å²) in [6, 6.07) is 8.75. The van der Waals surface area contributed by atoms with Crippen molar-refractivity contribution < 1.29 is 4.79 Å². The van der Waals surface area contributed by atoms with Crippen LogP contribution in [0, 0.1) is 5.92 Å². The van der Waals surface area contributed by atoms with Crippen LogP contribution in [0.1, 0.15) is 51.2 Å².